The molecule has 0 unspecified atom stereocenters. The molecule has 52 heavy (non-hydrogen) atoms. The van der Waals surface area contributed by atoms with Crippen LogP contribution in [0.5, 0.6) is 0 Å². The second-order valence-electron chi connectivity index (χ2n) is 14.2. The summed E-state index contributed by atoms with van der Waals surface area (Å²) in [6, 6.07) is 63.0. The van der Waals surface area contributed by atoms with Crippen molar-refractivity contribution in [3.8, 4) is 16.8 Å². The minimum absolute atomic E-state index is 1.15. The molecule has 0 aliphatic rings. The van der Waals surface area contributed by atoms with Gasteiger partial charge in [0.15, 0.2) is 0 Å². The van der Waals surface area contributed by atoms with Crippen molar-refractivity contribution in [2.45, 2.75) is 6.92 Å². The van der Waals surface area contributed by atoms with Gasteiger partial charge in [-0.15, -0.1) is 0 Å². The molecule has 4 aromatic heterocycles. The van der Waals surface area contributed by atoms with Crippen molar-refractivity contribution >= 4 is 87.2 Å². The quantitative estimate of drug-likeness (QED) is 0.175. The highest BCUT2D eigenvalue weighted by Crippen LogP contribution is 2.43. The molecule has 0 aliphatic carbocycles. The summed E-state index contributed by atoms with van der Waals surface area (Å²) in [5.41, 5.74) is 14.5. The molecular weight excluding hydrogens is 631 g/mol. The zero-order valence-electron chi connectivity index (χ0n) is 28.5. The third kappa shape index (κ3) is 3.59. The van der Waals surface area contributed by atoms with Crippen molar-refractivity contribution in [1.29, 1.82) is 0 Å². The SMILES string of the molecule is Cc1cccc(-c2ccc(-n3c4ccccc4c4cc5c(cc43)n3c4ccccc4c4cccc(c6cccc7c8ccccc8n5c76)c43)cc2)c1. The average Bonchev–Trinajstić information content (AvgIpc) is 3.82. The van der Waals surface area contributed by atoms with Gasteiger partial charge in [-0.3, -0.25) is 0 Å². The molecule has 0 bridgehead atoms. The molecule has 0 spiro atoms. The van der Waals surface area contributed by atoms with Gasteiger partial charge in [0, 0.05) is 48.8 Å². The Morgan fingerprint density at radius 3 is 1.38 bits per heavy atom. The molecule has 0 amide bonds. The van der Waals surface area contributed by atoms with Gasteiger partial charge in [0.1, 0.15) is 0 Å². The van der Waals surface area contributed by atoms with E-state index in [-0.39, 0.29) is 0 Å². The van der Waals surface area contributed by atoms with Crippen LogP contribution < -0.4 is 0 Å². The Morgan fingerprint density at radius 1 is 0.308 bits per heavy atom. The van der Waals surface area contributed by atoms with E-state index >= 15 is 0 Å². The predicted octanol–water partition coefficient (Wildman–Crippen LogP) is 13.0. The Morgan fingerprint density at radius 2 is 0.788 bits per heavy atom. The molecule has 0 radical (unpaired) electrons. The fourth-order valence-corrected chi connectivity index (χ4v) is 9.23. The predicted molar refractivity (Wildman–Crippen MR) is 220 cm³/mol. The first-order chi connectivity index (χ1) is 25.7. The molecule has 3 heteroatoms. The smallest absolute Gasteiger partial charge is 0.0724 e. The Kier molecular flexibility index (Phi) is 5.43. The molecular formula is C49H31N3. The molecule has 12 aromatic rings. The van der Waals surface area contributed by atoms with E-state index in [1.54, 1.807) is 0 Å². The number of rotatable bonds is 2. The maximum atomic E-state index is 2.54. The zero-order valence-corrected chi connectivity index (χ0v) is 28.5. The third-order valence-corrected chi connectivity index (χ3v) is 11.4. The molecule has 0 saturated carbocycles. The van der Waals surface area contributed by atoms with Crippen LogP contribution in [0.4, 0.5) is 0 Å². The lowest BCUT2D eigenvalue weighted by Crippen LogP contribution is -1.97. The van der Waals surface area contributed by atoms with Crippen LogP contribution in [0.1, 0.15) is 5.56 Å². The summed E-state index contributed by atoms with van der Waals surface area (Å²) in [5, 5.41) is 10.1. The highest BCUT2D eigenvalue weighted by molar-refractivity contribution is 6.26. The Hall–Kier alpha value is -6.84. The fourth-order valence-electron chi connectivity index (χ4n) is 9.23. The molecule has 8 aromatic carbocycles. The second-order valence-corrected chi connectivity index (χ2v) is 14.2. The van der Waals surface area contributed by atoms with Gasteiger partial charge in [0.05, 0.1) is 44.1 Å². The Bertz CT molecular complexity index is 3460. The number of fused-ring (bicyclic) bond motifs is 13. The summed E-state index contributed by atoms with van der Waals surface area (Å²) < 4.78 is 7.53. The highest BCUT2D eigenvalue weighted by Gasteiger charge is 2.21. The minimum Gasteiger partial charge on any atom is -0.309 e. The second kappa shape index (κ2) is 10.1. The molecule has 0 fully saturated rings. The average molecular weight is 662 g/mol. The zero-order chi connectivity index (χ0) is 34.1. The topological polar surface area (TPSA) is 13.8 Å². The van der Waals surface area contributed by atoms with E-state index in [2.05, 4.69) is 190 Å². The van der Waals surface area contributed by atoms with Gasteiger partial charge in [-0.2, -0.15) is 0 Å². The molecule has 0 N–H and O–H groups in total. The van der Waals surface area contributed by atoms with Crippen molar-refractivity contribution < 1.29 is 0 Å². The van der Waals surface area contributed by atoms with Gasteiger partial charge in [-0.25, -0.2) is 0 Å². The summed E-state index contributed by atoms with van der Waals surface area (Å²) in [5.74, 6) is 0. The lowest BCUT2D eigenvalue weighted by molar-refractivity contribution is 1.18. The third-order valence-electron chi connectivity index (χ3n) is 11.4. The molecule has 3 nitrogen and oxygen atoms in total. The summed E-state index contributed by atoms with van der Waals surface area (Å²) >= 11 is 0. The number of aryl methyl sites for hydroxylation is 1. The highest BCUT2D eigenvalue weighted by atomic mass is 15.0. The van der Waals surface area contributed by atoms with E-state index in [1.165, 1.54) is 104 Å². The number of para-hydroxylation sites is 5. The molecule has 4 heterocycles. The molecule has 0 aliphatic heterocycles. The molecule has 0 saturated heterocycles. The van der Waals surface area contributed by atoms with E-state index in [0.717, 1.165) is 5.69 Å². The van der Waals surface area contributed by atoms with E-state index in [1.807, 2.05) is 0 Å². The first-order valence-electron chi connectivity index (χ1n) is 18.0. The standard InChI is InChI=1S/C49H31N3/c1-30-11-8-12-32(27-30)31-23-25-33(26-24-31)50-42-20-5-4-15-36(42)41-28-46-47(29-45(41)50)52-44-22-7-3-14-35(44)38-17-10-19-40(49(38)52)39-18-9-16-37-34-13-2-6-21-43(34)51(46)48(37)39/h2-29H,1H3. The Labute approximate surface area is 298 Å². The van der Waals surface area contributed by atoms with Crippen LogP contribution in [0.15, 0.2) is 170 Å². The maximum absolute atomic E-state index is 2.54. The molecule has 12 rings (SSSR count). The van der Waals surface area contributed by atoms with E-state index in [4.69, 9.17) is 0 Å². The van der Waals surface area contributed by atoms with Gasteiger partial charge >= 0.3 is 0 Å². The van der Waals surface area contributed by atoms with Gasteiger partial charge < -0.3 is 13.4 Å². The maximum Gasteiger partial charge on any atom is 0.0724 e. The fraction of sp³-hybridized carbons (Fsp3) is 0.0204. The van der Waals surface area contributed by atoms with Crippen molar-refractivity contribution in [3.05, 3.63) is 175 Å². The van der Waals surface area contributed by atoms with E-state index in [0.29, 0.717) is 0 Å². The van der Waals surface area contributed by atoms with Crippen molar-refractivity contribution in [2.24, 2.45) is 0 Å². The van der Waals surface area contributed by atoms with Crippen LogP contribution in [0.3, 0.4) is 0 Å². The normalized spacial score (nSPS) is 12.3. The van der Waals surface area contributed by atoms with E-state index in [9.17, 15) is 0 Å². The van der Waals surface area contributed by atoms with Gasteiger partial charge in [0.2, 0.25) is 0 Å². The summed E-state index contributed by atoms with van der Waals surface area (Å²) in [7, 11) is 0. The number of hydrogen-bond acceptors (Lipinski definition) is 0. The summed E-state index contributed by atoms with van der Waals surface area (Å²) in [4.78, 5) is 0. The number of aromatic nitrogens is 3. The van der Waals surface area contributed by atoms with Crippen LogP contribution in [0, 0.1) is 6.92 Å². The van der Waals surface area contributed by atoms with Crippen molar-refractivity contribution in [1.82, 2.24) is 13.4 Å². The van der Waals surface area contributed by atoms with Crippen LogP contribution in [-0.2, 0) is 0 Å². The first-order valence-corrected chi connectivity index (χ1v) is 18.0. The molecule has 0 atom stereocenters. The monoisotopic (exact) mass is 661 g/mol. The number of nitrogens with zero attached hydrogens (tertiary/aromatic N) is 3. The number of hydrogen-bond donors (Lipinski definition) is 0. The van der Waals surface area contributed by atoms with Crippen molar-refractivity contribution in [3.63, 3.8) is 0 Å². The first kappa shape index (κ1) is 27.9. The Balaban J connectivity index is 1.33. The summed E-state index contributed by atoms with van der Waals surface area (Å²) in [6.07, 6.45) is 0. The van der Waals surface area contributed by atoms with Gasteiger partial charge in [-0.05, 0) is 60.5 Å². The lowest BCUT2D eigenvalue weighted by Gasteiger charge is -2.13. The van der Waals surface area contributed by atoms with Crippen LogP contribution in [-0.4, -0.2) is 13.4 Å². The lowest BCUT2D eigenvalue weighted by atomic mass is 10.0. The minimum atomic E-state index is 1.15. The van der Waals surface area contributed by atoms with Crippen LogP contribution in [0.25, 0.3) is 104 Å². The van der Waals surface area contributed by atoms with Crippen molar-refractivity contribution in [2.75, 3.05) is 0 Å². The van der Waals surface area contributed by atoms with Gasteiger partial charge in [0.25, 0.3) is 0 Å². The van der Waals surface area contributed by atoms with Gasteiger partial charge in [-0.1, -0.05) is 133 Å². The summed E-state index contributed by atoms with van der Waals surface area (Å²) in [6.45, 7) is 2.15. The van der Waals surface area contributed by atoms with Crippen LogP contribution in [0.2, 0.25) is 0 Å². The molecule has 242 valence electrons. The largest absolute Gasteiger partial charge is 0.309 e. The van der Waals surface area contributed by atoms with E-state index < -0.39 is 0 Å². The van der Waals surface area contributed by atoms with Crippen LogP contribution >= 0.6 is 0 Å². The number of benzene rings is 8.